The van der Waals surface area contributed by atoms with Gasteiger partial charge in [0.25, 0.3) is 0 Å². The quantitative estimate of drug-likeness (QED) is 0.764. The summed E-state index contributed by atoms with van der Waals surface area (Å²) in [6, 6.07) is 7.15. The molecular formula is C12H16N4O2S. The Morgan fingerprint density at radius 2 is 2.00 bits per heavy atom. The first-order chi connectivity index (χ1) is 8.94. The van der Waals surface area contributed by atoms with E-state index in [-0.39, 0.29) is 5.75 Å². The number of rotatable bonds is 5. The van der Waals surface area contributed by atoms with E-state index in [4.69, 9.17) is 5.14 Å². The highest BCUT2D eigenvalue weighted by molar-refractivity contribution is 7.88. The summed E-state index contributed by atoms with van der Waals surface area (Å²) in [4.78, 5) is 0. The molecule has 0 saturated carbocycles. The first-order valence-electron chi connectivity index (χ1n) is 5.76. The maximum atomic E-state index is 11.0. The number of benzene rings is 1. The number of aryl methyl sites for hydroxylation is 1. The molecule has 0 bridgehead atoms. The third-order valence-electron chi connectivity index (χ3n) is 2.74. The van der Waals surface area contributed by atoms with Crippen LogP contribution in [0.15, 0.2) is 30.5 Å². The van der Waals surface area contributed by atoms with Gasteiger partial charge in [0.05, 0.1) is 11.9 Å². The average Bonchev–Trinajstić information content (AvgIpc) is 2.72. The molecule has 6 nitrogen and oxygen atoms in total. The van der Waals surface area contributed by atoms with E-state index in [0.717, 1.165) is 16.9 Å². The number of sulfonamides is 1. The number of nitrogens with one attached hydrogen (secondary N) is 2. The number of aromatic amines is 1. The van der Waals surface area contributed by atoms with Crippen LogP contribution in [0.25, 0.3) is 0 Å². The van der Waals surface area contributed by atoms with Gasteiger partial charge in [0.1, 0.15) is 0 Å². The molecule has 0 atom stereocenters. The van der Waals surface area contributed by atoms with E-state index in [1.165, 1.54) is 0 Å². The Balaban J connectivity index is 1.97. The van der Waals surface area contributed by atoms with Crippen molar-refractivity contribution in [3.05, 3.63) is 47.3 Å². The second-order valence-electron chi connectivity index (χ2n) is 4.38. The summed E-state index contributed by atoms with van der Waals surface area (Å²) >= 11 is 0. The summed E-state index contributed by atoms with van der Waals surface area (Å²) in [6.45, 7) is 2.62. The molecular weight excluding hydrogens is 264 g/mol. The highest BCUT2D eigenvalue weighted by Gasteiger charge is 2.05. The van der Waals surface area contributed by atoms with Crippen molar-refractivity contribution in [1.29, 1.82) is 0 Å². The number of aromatic nitrogens is 2. The number of H-pyrrole nitrogens is 1. The van der Waals surface area contributed by atoms with Crippen LogP contribution in [0.3, 0.4) is 0 Å². The van der Waals surface area contributed by atoms with Crippen LogP contribution >= 0.6 is 0 Å². The van der Waals surface area contributed by atoms with Crippen molar-refractivity contribution < 1.29 is 8.42 Å². The van der Waals surface area contributed by atoms with E-state index in [1.807, 2.05) is 19.1 Å². The van der Waals surface area contributed by atoms with Gasteiger partial charge in [-0.1, -0.05) is 12.1 Å². The molecule has 2 aromatic rings. The van der Waals surface area contributed by atoms with Crippen LogP contribution in [0, 0.1) is 6.92 Å². The fraction of sp³-hybridized carbons (Fsp3) is 0.250. The smallest absolute Gasteiger partial charge is 0.213 e. The minimum atomic E-state index is -3.48. The maximum absolute atomic E-state index is 11.0. The Hall–Kier alpha value is -1.86. The maximum Gasteiger partial charge on any atom is 0.213 e. The van der Waals surface area contributed by atoms with Crippen molar-refractivity contribution in [3.63, 3.8) is 0 Å². The average molecular weight is 280 g/mol. The molecule has 0 radical (unpaired) electrons. The Labute approximate surface area is 112 Å². The molecule has 2 rings (SSSR count). The molecule has 7 heteroatoms. The van der Waals surface area contributed by atoms with Crippen molar-refractivity contribution in [2.45, 2.75) is 19.2 Å². The van der Waals surface area contributed by atoms with Crippen LogP contribution in [-0.2, 0) is 22.3 Å². The molecule has 19 heavy (non-hydrogen) atoms. The number of hydrogen-bond acceptors (Lipinski definition) is 4. The van der Waals surface area contributed by atoms with E-state index >= 15 is 0 Å². The molecule has 0 aliphatic rings. The van der Waals surface area contributed by atoms with Gasteiger partial charge in [0, 0.05) is 23.5 Å². The summed E-state index contributed by atoms with van der Waals surface area (Å²) in [6.07, 6.45) is 1.78. The van der Waals surface area contributed by atoms with Gasteiger partial charge < -0.3 is 5.32 Å². The number of primary sulfonamides is 1. The SMILES string of the molecule is Cc1[nH]ncc1CNc1ccc(CS(N)(=O)=O)cc1. The zero-order chi connectivity index (χ0) is 13.9. The first-order valence-corrected chi connectivity index (χ1v) is 7.48. The lowest BCUT2D eigenvalue weighted by atomic mass is 10.2. The van der Waals surface area contributed by atoms with Crippen LogP contribution in [0.2, 0.25) is 0 Å². The molecule has 0 amide bonds. The highest BCUT2D eigenvalue weighted by Crippen LogP contribution is 2.13. The Bertz CT molecular complexity index is 647. The van der Waals surface area contributed by atoms with Gasteiger partial charge in [-0.3, -0.25) is 5.10 Å². The monoisotopic (exact) mass is 280 g/mol. The lowest BCUT2D eigenvalue weighted by Gasteiger charge is -2.06. The van der Waals surface area contributed by atoms with Crippen molar-refractivity contribution in [2.75, 3.05) is 5.32 Å². The minimum absolute atomic E-state index is 0.145. The van der Waals surface area contributed by atoms with E-state index < -0.39 is 10.0 Å². The van der Waals surface area contributed by atoms with Crippen LogP contribution in [0.5, 0.6) is 0 Å². The molecule has 0 saturated heterocycles. The van der Waals surface area contributed by atoms with Gasteiger partial charge in [0.2, 0.25) is 10.0 Å². The molecule has 1 aromatic heterocycles. The Morgan fingerprint density at radius 3 is 2.53 bits per heavy atom. The lowest BCUT2D eigenvalue weighted by Crippen LogP contribution is -2.14. The van der Waals surface area contributed by atoms with Gasteiger partial charge in [-0.2, -0.15) is 5.10 Å². The third kappa shape index (κ3) is 4.08. The molecule has 1 aromatic carbocycles. The first kappa shape index (κ1) is 13.6. The number of anilines is 1. The van der Waals surface area contributed by atoms with Crippen LogP contribution in [-0.4, -0.2) is 18.6 Å². The second-order valence-corrected chi connectivity index (χ2v) is 5.99. The predicted octanol–water partition coefficient (Wildman–Crippen LogP) is 1.12. The van der Waals surface area contributed by atoms with Crippen molar-refractivity contribution in [1.82, 2.24) is 10.2 Å². The predicted molar refractivity (Wildman–Crippen MR) is 73.9 cm³/mol. The topological polar surface area (TPSA) is 101 Å². The summed E-state index contributed by atoms with van der Waals surface area (Å²) in [5.74, 6) is -0.145. The van der Waals surface area contributed by atoms with Gasteiger partial charge >= 0.3 is 0 Å². The normalized spacial score (nSPS) is 11.5. The molecule has 4 N–H and O–H groups in total. The van der Waals surface area contributed by atoms with Gasteiger partial charge in [-0.05, 0) is 24.6 Å². The van der Waals surface area contributed by atoms with Crippen LogP contribution in [0.1, 0.15) is 16.8 Å². The molecule has 0 aliphatic carbocycles. The second kappa shape index (κ2) is 5.41. The summed E-state index contributed by atoms with van der Waals surface area (Å²) in [5, 5.41) is 15.0. The van der Waals surface area contributed by atoms with Gasteiger partial charge in [0.15, 0.2) is 0 Å². The standard InChI is InChI=1S/C12H16N4O2S/c1-9-11(7-15-16-9)6-14-12-4-2-10(3-5-12)8-19(13,17)18/h2-5,7,14H,6,8H2,1H3,(H,15,16)(H2,13,17,18). The van der Waals surface area contributed by atoms with Gasteiger partial charge in [-0.15, -0.1) is 0 Å². The molecule has 0 unspecified atom stereocenters. The molecule has 1 heterocycles. The summed E-state index contributed by atoms with van der Waals surface area (Å²) in [5.41, 5.74) is 3.71. The third-order valence-corrected chi connectivity index (χ3v) is 3.47. The largest absolute Gasteiger partial charge is 0.381 e. The summed E-state index contributed by atoms with van der Waals surface area (Å²) in [7, 11) is -3.48. The van der Waals surface area contributed by atoms with E-state index in [9.17, 15) is 8.42 Å². The van der Waals surface area contributed by atoms with E-state index in [2.05, 4.69) is 15.5 Å². The van der Waals surface area contributed by atoms with Gasteiger partial charge in [-0.25, -0.2) is 13.6 Å². The van der Waals surface area contributed by atoms with Crippen molar-refractivity contribution >= 4 is 15.7 Å². The number of nitrogens with two attached hydrogens (primary N) is 1. The Kier molecular flexibility index (Phi) is 3.87. The Morgan fingerprint density at radius 1 is 1.32 bits per heavy atom. The van der Waals surface area contributed by atoms with Crippen molar-refractivity contribution in [2.24, 2.45) is 5.14 Å². The van der Waals surface area contributed by atoms with Crippen LogP contribution < -0.4 is 10.5 Å². The lowest BCUT2D eigenvalue weighted by molar-refractivity contribution is 0.597. The molecule has 0 spiro atoms. The minimum Gasteiger partial charge on any atom is -0.381 e. The summed E-state index contributed by atoms with van der Waals surface area (Å²) < 4.78 is 21.9. The zero-order valence-corrected chi connectivity index (χ0v) is 11.4. The highest BCUT2D eigenvalue weighted by atomic mass is 32.2. The zero-order valence-electron chi connectivity index (χ0n) is 10.6. The van der Waals surface area contributed by atoms with Crippen LogP contribution in [0.4, 0.5) is 5.69 Å². The van der Waals surface area contributed by atoms with Crippen molar-refractivity contribution in [3.8, 4) is 0 Å². The fourth-order valence-corrected chi connectivity index (χ4v) is 2.36. The molecule has 102 valence electrons. The molecule has 0 fully saturated rings. The number of nitrogens with zero attached hydrogens (tertiary/aromatic N) is 1. The fourth-order valence-electron chi connectivity index (χ4n) is 1.70. The molecule has 0 aliphatic heterocycles. The van der Waals surface area contributed by atoms with E-state index in [0.29, 0.717) is 12.1 Å². The van der Waals surface area contributed by atoms with E-state index in [1.54, 1.807) is 18.3 Å². The number of hydrogen-bond donors (Lipinski definition) is 3.